The van der Waals surface area contributed by atoms with Crippen LogP contribution in [0.25, 0.3) is 0 Å². The molecule has 1 amide bonds. The molecule has 0 saturated heterocycles. The van der Waals surface area contributed by atoms with Crippen LogP contribution in [-0.2, 0) is 9.53 Å². The zero-order valence-electron chi connectivity index (χ0n) is 8.93. The number of carbonyl (C=O) groups is 2. The second-order valence-electron chi connectivity index (χ2n) is 2.95. The summed E-state index contributed by atoms with van der Waals surface area (Å²) in [4.78, 5) is 22.1. The molecule has 1 aromatic rings. The summed E-state index contributed by atoms with van der Waals surface area (Å²) >= 11 is 0. The predicted molar refractivity (Wildman–Crippen MR) is 57.1 cm³/mol. The van der Waals surface area contributed by atoms with Crippen LogP contribution in [0.4, 0.5) is 0 Å². The maximum Gasteiger partial charge on any atom is 0.344 e. The second-order valence-corrected chi connectivity index (χ2v) is 2.95. The fraction of sp³-hybridized carbons (Fsp3) is 0.273. The van der Waals surface area contributed by atoms with E-state index in [0.717, 1.165) is 0 Å². The van der Waals surface area contributed by atoms with Crippen LogP contribution in [0.5, 0.6) is 5.75 Å². The number of para-hydroxylation sites is 1. The van der Waals surface area contributed by atoms with Gasteiger partial charge < -0.3 is 15.2 Å². The van der Waals surface area contributed by atoms with Crippen LogP contribution in [0.15, 0.2) is 24.3 Å². The lowest BCUT2D eigenvalue weighted by molar-refractivity contribution is -0.145. The highest BCUT2D eigenvalue weighted by Gasteiger charge is 2.10. The number of hydrogen-bond donors (Lipinski definition) is 1. The largest absolute Gasteiger partial charge is 0.481 e. The van der Waals surface area contributed by atoms with Crippen molar-refractivity contribution in [3.8, 4) is 5.75 Å². The number of amides is 1. The van der Waals surface area contributed by atoms with Crippen molar-refractivity contribution < 1.29 is 19.1 Å². The van der Waals surface area contributed by atoms with Crippen LogP contribution in [0.1, 0.15) is 17.3 Å². The third kappa shape index (κ3) is 3.27. The Labute approximate surface area is 93.1 Å². The minimum Gasteiger partial charge on any atom is -0.481 e. The molecule has 0 unspecified atom stereocenters. The molecule has 0 fully saturated rings. The molecule has 0 saturated carbocycles. The Balaban J connectivity index is 2.66. The van der Waals surface area contributed by atoms with Crippen LogP contribution in [0.2, 0.25) is 0 Å². The predicted octanol–water partition coefficient (Wildman–Crippen LogP) is 0.727. The third-order valence-electron chi connectivity index (χ3n) is 1.80. The molecule has 16 heavy (non-hydrogen) atoms. The summed E-state index contributed by atoms with van der Waals surface area (Å²) in [5, 5.41) is 0. The van der Waals surface area contributed by atoms with Gasteiger partial charge in [0.25, 0.3) is 5.91 Å². The molecule has 86 valence electrons. The molecule has 0 bridgehead atoms. The van der Waals surface area contributed by atoms with Gasteiger partial charge in [-0.2, -0.15) is 0 Å². The Morgan fingerprint density at radius 1 is 1.31 bits per heavy atom. The van der Waals surface area contributed by atoms with Crippen molar-refractivity contribution in [2.45, 2.75) is 6.92 Å². The van der Waals surface area contributed by atoms with Gasteiger partial charge in [0.1, 0.15) is 5.75 Å². The molecular weight excluding hydrogens is 210 g/mol. The van der Waals surface area contributed by atoms with Gasteiger partial charge in [-0.25, -0.2) is 4.79 Å². The first-order chi connectivity index (χ1) is 7.65. The van der Waals surface area contributed by atoms with Gasteiger partial charge in [0.2, 0.25) is 0 Å². The molecule has 0 atom stereocenters. The summed E-state index contributed by atoms with van der Waals surface area (Å²) in [5.41, 5.74) is 5.39. The van der Waals surface area contributed by atoms with E-state index in [4.69, 9.17) is 10.5 Å². The number of esters is 1. The van der Waals surface area contributed by atoms with Crippen molar-refractivity contribution in [2.24, 2.45) is 5.73 Å². The lowest BCUT2D eigenvalue weighted by Crippen LogP contribution is -2.17. The number of carbonyl (C=O) groups excluding carboxylic acids is 2. The van der Waals surface area contributed by atoms with Gasteiger partial charge in [0, 0.05) is 0 Å². The van der Waals surface area contributed by atoms with E-state index < -0.39 is 11.9 Å². The van der Waals surface area contributed by atoms with E-state index in [1.54, 1.807) is 25.1 Å². The molecule has 0 spiro atoms. The van der Waals surface area contributed by atoms with E-state index in [9.17, 15) is 9.59 Å². The highest BCUT2D eigenvalue weighted by molar-refractivity contribution is 5.95. The second kappa shape index (κ2) is 5.75. The maximum atomic E-state index is 11.0. The number of rotatable bonds is 5. The van der Waals surface area contributed by atoms with Gasteiger partial charge in [0.15, 0.2) is 6.61 Å². The van der Waals surface area contributed by atoms with Crippen LogP contribution >= 0.6 is 0 Å². The SMILES string of the molecule is CCOC(=O)COc1ccccc1C(N)=O. The van der Waals surface area contributed by atoms with Crippen molar-refractivity contribution in [2.75, 3.05) is 13.2 Å². The zero-order valence-corrected chi connectivity index (χ0v) is 8.93. The number of primary amides is 1. The lowest BCUT2D eigenvalue weighted by atomic mass is 10.2. The summed E-state index contributed by atoms with van der Waals surface area (Å²) < 4.78 is 9.82. The van der Waals surface area contributed by atoms with E-state index in [2.05, 4.69) is 4.74 Å². The summed E-state index contributed by atoms with van der Waals surface area (Å²) in [7, 11) is 0. The van der Waals surface area contributed by atoms with Gasteiger partial charge in [-0.3, -0.25) is 4.79 Å². The minimum absolute atomic E-state index is 0.238. The Kier molecular flexibility index (Phi) is 4.32. The number of nitrogens with two attached hydrogens (primary N) is 1. The molecule has 1 rings (SSSR count). The number of benzene rings is 1. The summed E-state index contributed by atoms with van der Waals surface area (Å²) in [5.74, 6) is -0.802. The van der Waals surface area contributed by atoms with Crippen LogP contribution in [-0.4, -0.2) is 25.1 Å². The number of ether oxygens (including phenoxy) is 2. The highest BCUT2D eigenvalue weighted by atomic mass is 16.6. The fourth-order valence-electron chi connectivity index (χ4n) is 1.14. The standard InChI is InChI=1S/C11H13NO4/c1-2-15-10(13)7-16-9-6-4-3-5-8(9)11(12)14/h3-6H,2,7H2,1H3,(H2,12,14). The van der Waals surface area contributed by atoms with Crippen LogP contribution in [0.3, 0.4) is 0 Å². The average Bonchev–Trinajstić information content (AvgIpc) is 2.27. The van der Waals surface area contributed by atoms with E-state index in [0.29, 0.717) is 6.61 Å². The third-order valence-corrected chi connectivity index (χ3v) is 1.80. The van der Waals surface area contributed by atoms with Crippen LogP contribution < -0.4 is 10.5 Å². The van der Waals surface area contributed by atoms with Gasteiger partial charge in [-0.1, -0.05) is 12.1 Å². The minimum atomic E-state index is -0.598. The highest BCUT2D eigenvalue weighted by Crippen LogP contribution is 2.16. The van der Waals surface area contributed by atoms with Crippen molar-refractivity contribution in [3.05, 3.63) is 29.8 Å². The number of hydrogen-bond acceptors (Lipinski definition) is 4. The van der Waals surface area contributed by atoms with E-state index in [1.807, 2.05) is 0 Å². The fourth-order valence-corrected chi connectivity index (χ4v) is 1.14. The van der Waals surface area contributed by atoms with Crippen molar-refractivity contribution in [1.29, 1.82) is 0 Å². The molecule has 0 aliphatic carbocycles. The molecule has 5 heteroatoms. The van der Waals surface area contributed by atoms with Crippen molar-refractivity contribution in [1.82, 2.24) is 0 Å². The van der Waals surface area contributed by atoms with E-state index in [1.165, 1.54) is 6.07 Å². The normalized spacial score (nSPS) is 9.56. The Morgan fingerprint density at radius 3 is 2.62 bits per heavy atom. The van der Waals surface area contributed by atoms with Gasteiger partial charge in [-0.15, -0.1) is 0 Å². The molecule has 0 aliphatic rings. The quantitative estimate of drug-likeness (QED) is 0.746. The molecule has 1 aromatic carbocycles. The summed E-state index contributed by atoms with van der Waals surface area (Å²) in [6.07, 6.45) is 0. The molecule has 0 radical (unpaired) electrons. The smallest absolute Gasteiger partial charge is 0.344 e. The lowest BCUT2D eigenvalue weighted by Gasteiger charge is -2.08. The maximum absolute atomic E-state index is 11.0. The Bertz CT molecular complexity index is 389. The molecule has 0 heterocycles. The summed E-state index contributed by atoms with van der Waals surface area (Å²) in [6.45, 7) is 1.76. The van der Waals surface area contributed by atoms with E-state index in [-0.39, 0.29) is 17.9 Å². The first-order valence-corrected chi connectivity index (χ1v) is 4.82. The molecule has 2 N–H and O–H groups in total. The molecule has 0 aromatic heterocycles. The van der Waals surface area contributed by atoms with Gasteiger partial charge >= 0.3 is 5.97 Å². The van der Waals surface area contributed by atoms with Crippen LogP contribution in [0, 0.1) is 0 Å². The van der Waals surface area contributed by atoms with E-state index >= 15 is 0 Å². The topological polar surface area (TPSA) is 78.6 Å². The first-order valence-electron chi connectivity index (χ1n) is 4.82. The van der Waals surface area contributed by atoms with Gasteiger partial charge in [-0.05, 0) is 19.1 Å². The zero-order chi connectivity index (χ0) is 12.0. The molecule has 5 nitrogen and oxygen atoms in total. The summed E-state index contributed by atoms with van der Waals surface area (Å²) in [6, 6.07) is 6.45. The first kappa shape index (κ1) is 12.0. The van der Waals surface area contributed by atoms with Crippen molar-refractivity contribution in [3.63, 3.8) is 0 Å². The van der Waals surface area contributed by atoms with Gasteiger partial charge in [0.05, 0.1) is 12.2 Å². The monoisotopic (exact) mass is 223 g/mol. The van der Waals surface area contributed by atoms with Crippen molar-refractivity contribution >= 4 is 11.9 Å². The molecular formula is C11H13NO4. The molecule has 0 aliphatic heterocycles. The Hall–Kier alpha value is -2.04. The average molecular weight is 223 g/mol. The Morgan fingerprint density at radius 2 is 2.00 bits per heavy atom.